The molecule has 0 spiro atoms. The summed E-state index contributed by atoms with van der Waals surface area (Å²) in [7, 11) is 0. The van der Waals surface area contributed by atoms with Crippen LogP contribution in [0.1, 0.15) is 34.1 Å². The Bertz CT molecular complexity index is 530. The average Bonchev–Trinajstić information content (AvgIpc) is 2.53. The van der Waals surface area contributed by atoms with Gasteiger partial charge in [0.25, 0.3) is 0 Å². The Labute approximate surface area is 117 Å². The average molecular weight is 282 g/mol. The molecule has 0 aromatic heterocycles. The quantitative estimate of drug-likeness (QED) is 0.547. The molecule has 3 aliphatic carbocycles. The van der Waals surface area contributed by atoms with Gasteiger partial charge in [0.15, 0.2) is 5.60 Å². The highest BCUT2D eigenvalue weighted by Crippen LogP contribution is 2.79. The lowest BCUT2D eigenvalue weighted by Crippen LogP contribution is -2.67. The standard InChI is InChI=1S/C15H22O5/c1-6-9(16)15(19)11(17)20-10-8-7(5-12(8,2)3)13(15,4)14(6,10)18/h6-10,16,18-19H,5H2,1-4H3/t6-,7+,8-,9+,10+,13-,14-,15?/m1/s1. The Balaban J connectivity index is 2.00. The fraction of sp³-hybridized carbons (Fsp3) is 0.933. The van der Waals surface area contributed by atoms with E-state index in [-0.39, 0.29) is 17.3 Å². The lowest BCUT2D eigenvalue weighted by atomic mass is 9.50. The zero-order chi connectivity index (χ0) is 14.9. The molecule has 0 aromatic carbocycles. The van der Waals surface area contributed by atoms with Gasteiger partial charge in [-0.3, -0.25) is 0 Å². The first-order valence-electron chi connectivity index (χ1n) is 7.38. The molecule has 4 fully saturated rings. The maximum Gasteiger partial charge on any atom is 0.342 e. The van der Waals surface area contributed by atoms with Crippen LogP contribution in [0.15, 0.2) is 0 Å². The predicted octanol–water partition coefficient (Wildman–Crippen LogP) is 0.0668. The van der Waals surface area contributed by atoms with Crippen LogP contribution in [0.5, 0.6) is 0 Å². The monoisotopic (exact) mass is 282 g/mol. The highest BCUT2D eigenvalue weighted by Gasteiger charge is 2.91. The van der Waals surface area contributed by atoms with Crippen LogP contribution in [-0.4, -0.2) is 44.7 Å². The normalized spacial score (nSPS) is 65.5. The van der Waals surface area contributed by atoms with Gasteiger partial charge in [0.2, 0.25) is 0 Å². The van der Waals surface area contributed by atoms with Crippen LogP contribution in [-0.2, 0) is 9.53 Å². The second kappa shape index (κ2) is 2.94. The largest absolute Gasteiger partial charge is 0.457 e. The topological polar surface area (TPSA) is 87.0 Å². The maximum atomic E-state index is 12.3. The second-order valence-corrected chi connectivity index (χ2v) is 8.18. The molecule has 3 saturated carbocycles. The summed E-state index contributed by atoms with van der Waals surface area (Å²) < 4.78 is 5.45. The Hall–Kier alpha value is -0.650. The van der Waals surface area contributed by atoms with Crippen LogP contribution < -0.4 is 0 Å². The molecular formula is C15H22O5. The maximum absolute atomic E-state index is 12.3. The van der Waals surface area contributed by atoms with Crippen molar-refractivity contribution in [2.45, 2.75) is 57.5 Å². The van der Waals surface area contributed by atoms with E-state index in [2.05, 4.69) is 13.8 Å². The number of esters is 1. The molecule has 0 amide bonds. The minimum atomic E-state index is -1.99. The third-order valence-electron chi connectivity index (χ3n) is 7.35. The fourth-order valence-electron chi connectivity index (χ4n) is 6.19. The third kappa shape index (κ3) is 0.839. The molecule has 0 radical (unpaired) electrons. The SMILES string of the molecule is C[C@@H]1[C@H](O)C2(O)C(=O)O[C@H]3[C@H]4[C@H](CC4(C)C)[C@]2(C)[C@@]13O. The van der Waals surface area contributed by atoms with Crippen molar-refractivity contribution in [3.8, 4) is 0 Å². The molecule has 4 bridgehead atoms. The molecule has 8 atom stereocenters. The third-order valence-corrected chi connectivity index (χ3v) is 7.35. The smallest absolute Gasteiger partial charge is 0.342 e. The van der Waals surface area contributed by atoms with Gasteiger partial charge in [-0.1, -0.05) is 27.7 Å². The number of aliphatic hydroxyl groups is 3. The van der Waals surface area contributed by atoms with E-state index < -0.39 is 40.7 Å². The fourth-order valence-corrected chi connectivity index (χ4v) is 6.19. The van der Waals surface area contributed by atoms with Crippen LogP contribution in [0.2, 0.25) is 0 Å². The molecule has 1 heterocycles. The van der Waals surface area contributed by atoms with Crippen molar-refractivity contribution in [3.63, 3.8) is 0 Å². The summed E-state index contributed by atoms with van der Waals surface area (Å²) in [5, 5.41) is 32.7. The van der Waals surface area contributed by atoms with Gasteiger partial charge in [-0.2, -0.15) is 0 Å². The summed E-state index contributed by atoms with van der Waals surface area (Å²) >= 11 is 0. The summed E-state index contributed by atoms with van der Waals surface area (Å²) in [6.45, 7) is 7.67. The highest BCUT2D eigenvalue weighted by molar-refractivity contribution is 5.85. The Kier molecular flexibility index (Phi) is 1.92. The van der Waals surface area contributed by atoms with Gasteiger partial charge in [-0.25, -0.2) is 4.79 Å². The second-order valence-electron chi connectivity index (χ2n) is 8.18. The van der Waals surface area contributed by atoms with E-state index in [0.717, 1.165) is 6.42 Å². The summed E-state index contributed by atoms with van der Waals surface area (Å²) in [6.07, 6.45) is -1.08. The number of aliphatic hydroxyl groups excluding tert-OH is 1. The van der Waals surface area contributed by atoms with E-state index >= 15 is 0 Å². The minimum Gasteiger partial charge on any atom is -0.457 e. The summed E-state index contributed by atoms with van der Waals surface area (Å²) in [5.74, 6) is -1.30. The van der Waals surface area contributed by atoms with Crippen molar-refractivity contribution in [2.24, 2.45) is 28.6 Å². The first kappa shape index (κ1) is 13.0. The molecule has 4 aliphatic rings. The Morgan fingerprint density at radius 3 is 2.40 bits per heavy atom. The first-order chi connectivity index (χ1) is 9.04. The molecule has 1 unspecified atom stereocenters. The molecule has 112 valence electrons. The molecule has 5 nitrogen and oxygen atoms in total. The number of carbonyl (C=O) groups is 1. The van der Waals surface area contributed by atoms with Gasteiger partial charge >= 0.3 is 5.97 Å². The van der Waals surface area contributed by atoms with Crippen LogP contribution in [0.3, 0.4) is 0 Å². The zero-order valence-electron chi connectivity index (χ0n) is 12.3. The van der Waals surface area contributed by atoms with Crippen LogP contribution in [0.4, 0.5) is 0 Å². The van der Waals surface area contributed by atoms with Gasteiger partial charge < -0.3 is 20.1 Å². The lowest BCUT2D eigenvalue weighted by molar-refractivity contribution is -0.241. The van der Waals surface area contributed by atoms with E-state index in [4.69, 9.17) is 4.74 Å². The van der Waals surface area contributed by atoms with Crippen molar-refractivity contribution in [3.05, 3.63) is 0 Å². The van der Waals surface area contributed by atoms with E-state index in [1.54, 1.807) is 13.8 Å². The Morgan fingerprint density at radius 2 is 1.85 bits per heavy atom. The molecule has 20 heavy (non-hydrogen) atoms. The molecule has 1 saturated heterocycles. The molecule has 5 heteroatoms. The van der Waals surface area contributed by atoms with Gasteiger partial charge in [-0.05, 0) is 17.8 Å². The summed E-state index contributed by atoms with van der Waals surface area (Å²) in [4.78, 5) is 12.3. The van der Waals surface area contributed by atoms with E-state index in [1.807, 2.05) is 0 Å². The Morgan fingerprint density at radius 1 is 1.25 bits per heavy atom. The van der Waals surface area contributed by atoms with Crippen molar-refractivity contribution in [1.29, 1.82) is 0 Å². The van der Waals surface area contributed by atoms with Gasteiger partial charge in [0, 0.05) is 17.3 Å². The van der Waals surface area contributed by atoms with E-state index in [0.29, 0.717) is 0 Å². The molecule has 0 aromatic rings. The van der Waals surface area contributed by atoms with Crippen LogP contribution in [0, 0.1) is 28.6 Å². The summed E-state index contributed by atoms with van der Waals surface area (Å²) in [5.41, 5.74) is -4.39. The van der Waals surface area contributed by atoms with Crippen molar-refractivity contribution < 1.29 is 24.9 Å². The molecule has 3 N–H and O–H groups in total. The number of hydrogen-bond donors (Lipinski definition) is 3. The van der Waals surface area contributed by atoms with Crippen LogP contribution >= 0.6 is 0 Å². The predicted molar refractivity (Wildman–Crippen MR) is 68.4 cm³/mol. The molecule has 1 aliphatic heterocycles. The number of carbonyl (C=O) groups excluding carboxylic acids is 1. The number of fused-ring (bicyclic) bond motifs is 2. The van der Waals surface area contributed by atoms with Crippen molar-refractivity contribution in [1.82, 2.24) is 0 Å². The lowest BCUT2D eigenvalue weighted by Gasteiger charge is -2.54. The number of ether oxygens (including phenoxy) is 1. The van der Waals surface area contributed by atoms with Crippen LogP contribution in [0.25, 0.3) is 0 Å². The zero-order valence-corrected chi connectivity index (χ0v) is 12.3. The summed E-state index contributed by atoms with van der Waals surface area (Å²) in [6, 6.07) is 0. The number of hydrogen-bond acceptors (Lipinski definition) is 5. The van der Waals surface area contributed by atoms with Crippen molar-refractivity contribution in [2.75, 3.05) is 0 Å². The van der Waals surface area contributed by atoms with Gasteiger partial charge in [0.05, 0.1) is 6.10 Å². The minimum absolute atomic E-state index is 0.00329. The van der Waals surface area contributed by atoms with E-state index in [1.165, 1.54) is 0 Å². The molecule has 4 rings (SSSR count). The molecular weight excluding hydrogens is 260 g/mol. The van der Waals surface area contributed by atoms with Gasteiger partial charge in [-0.15, -0.1) is 0 Å². The van der Waals surface area contributed by atoms with E-state index in [9.17, 15) is 20.1 Å². The van der Waals surface area contributed by atoms with Crippen molar-refractivity contribution >= 4 is 5.97 Å². The van der Waals surface area contributed by atoms with Gasteiger partial charge in [0.1, 0.15) is 11.7 Å². The highest BCUT2D eigenvalue weighted by atomic mass is 16.6. The number of rotatable bonds is 0. The first-order valence-corrected chi connectivity index (χ1v) is 7.38.